The van der Waals surface area contributed by atoms with Crippen LogP contribution in [0.4, 0.5) is 0 Å². The molecule has 130 valence electrons. The van der Waals surface area contributed by atoms with E-state index in [4.69, 9.17) is 0 Å². The summed E-state index contributed by atoms with van der Waals surface area (Å²) >= 11 is 1.56. The van der Waals surface area contributed by atoms with Crippen molar-refractivity contribution in [3.05, 3.63) is 22.4 Å². The van der Waals surface area contributed by atoms with Crippen LogP contribution in [-0.2, 0) is 5.60 Å². The lowest BCUT2D eigenvalue weighted by atomic mass is 10.1. The van der Waals surface area contributed by atoms with Crippen molar-refractivity contribution in [2.45, 2.75) is 51.3 Å². The Balaban J connectivity index is 1.89. The van der Waals surface area contributed by atoms with Crippen molar-refractivity contribution in [2.75, 3.05) is 26.7 Å². The molecule has 0 aliphatic heterocycles. The first kappa shape index (κ1) is 18.2. The average Bonchev–Trinajstić information content (AvgIpc) is 3.22. The van der Waals surface area contributed by atoms with Gasteiger partial charge in [0.25, 0.3) is 0 Å². The van der Waals surface area contributed by atoms with E-state index >= 15 is 0 Å². The zero-order chi connectivity index (χ0) is 16.9. The summed E-state index contributed by atoms with van der Waals surface area (Å²) in [6.07, 6.45) is 2.64. The fourth-order valence-corrected chi connectivity index (χ4v) is 3.25. The van der Waals surface area contributed by atoms with Crippen LogP contribution >= 0.6 is 11.3 Å². The lowest BCUT2D eigenvalue weighted by molar-refractivity contribution is 0.0711. The maximum absolute atomic E-state index is 10.6. The van der Waals surface area contributed by atoms with E-state index in [9.17, 15) is 5.11 Å². The number of hydrogen-bond acceptors (Lipinski definition) is 4. The van der Waals surface area contributed by atoms with E-state index in [0.717, 1.165) is 30.0 Å². The Morgan fingerprint density at radius 2 is 2.26 bits per heavy atom. The second-order valence-corrected chi connectivity index (χ2v) is 7.52. The monoisotopic (exact) mass is 338 g/mol. The van der Waals surface area contributed by atoms with E-state index in [1.807, 2.05) is 31.4 Å². The molecule has 1 aromatic heterocycles. The standard InChI is InChI=1S/C17H30N4OS/c1-5-18-16(19-11-13(2)21(4)14-8-9-14)20-12-17(3,22)15-7-6-10-23-15/h6-7,10,13-14,22H,5,8-9,11-12H2,1-4H3,(H2,18,19,20). The van der Waals surface area contributed by atoms with Crippen molar-refractivity contribution < 1.29 is 5.11 Å². The van der Waals surface area contributed by atoms with Gasteiger partial charge in [0, 0.05) is 30.1 Å². The molecule has 2 rings (SSSR count). The van der Waals surface area contributed by atoms with Gasteiger partial charge in [-0.2, -0.15) is 0 Å². The third-order valence-electron chi connectivity index (χ3n) is 4.32. The van der Waals surface area contributed by atoms with Gasteiger partial charge in [0.05, 0.1) is 6.54 Å². The molecule has 0 spiro atoms. The van der Waals surface area contributed by atoms with Crippen molar-refractivity contribution in [1.82, 2.24) is 15.5 Å². The molecule has 3 N–H and O–H groups in total. The van der Waals surface area contributed by atoms with Gasteiger partial charge in [-0.1, -0.05) is 6.07 Å². The number of rotatable bonds is 8. The highest BCUT2D eigenvalue weighted by Crippen LogP contribution is 2.27. The molecule has 1 heterocycles. The average molecular weight is 339 g/mol. The molecule has 2 unspecified atom stereocenters. The second-order valence-electron chi connectivity index (χ2n) is 6.57. The van der Waals surface area contributed by atoms with Gasteiger partial charge >= 0.3 is 0 Å². The summed E-state index contributed by atoms with van der Waals surface area (Å²) < 4.78 is 0. The number of aliphatic imine (C=N–C) groups is 1. The van der Waals surface area contributed by atoms with Gasteiger partial charge in [0.2, 0.25) is 0 Å². The number of hydrogen-bond donors (Lipinski definition) is 3. The molecule has 2 atom stereocenters. The highest BCUT2D eigenvalue weighted by molar-refractivity contribution is 7.10. The minimum Gasteiger partial charge on any atom is -0.383 e. The number of thiophene rings is 1. The van der Waals surface area contributed by atoms with Crippen molar-refractivity contribution in [3.63, 3.8) is 0 Å². The van der Waals surface area contributed by atoms with E-state index in [2.05, 4.69) is 34.5 Å². The predicted octanol–water partition coefficient (Wildman–Crippen LogP) is 1.99. The number of guanidine groups is 1. The number of nitrogens with one attached hydrogen (secondary N) is 2. The van der Waals surface area contributed by atoms with Gasteiger partial charge < -0.3 is 15.7 Å². The van der Waals surface area contributed by atoms with Gasteiger partial charge in [0.15, 0.2) is 5.96 Å². The van der Waals surface area contributed by atoms with Crippen LogP contribution in [-0.4, -0.2) is 54.7 Å². The smallest absolute Gasteiger partial charge is 0.191 e. The molecule has 1 saturated carbocycles. The summed E-state index contributed by atoms with van der Waals surface area (Å²) in [6.45, 7) is 8.09. The maximum atomic E-state index is 10.6. The third-order valence-corrected chi connectivity index (χ3v) is 5.45. The Kier molecular flexibility index (Phi) is 6.44. The van der Waals surface area contributed by atoms with Gasteiger partial charge in [0.1, 0.15) is 5.60 Å². The molecule has 1 aliphatic rings. The molecular weight excluding hydrogens is 308 g/mol. The van der Waals surface area contributed by atoms with Crippen LogP contribution in [0.1, 0.15) is 38.5 Å². The predicted molar refractivity (Wildman–Crippen MR) is 98.1 cm³/mol. The molecule has 23 heavy (non-hydrogen) atoms. The quantitative estimate of drug-likeness (QED) is 0.501. The maximum Gasteiger partial charge on any atom is 0.191 e. The highest BCUT2D eigenvalue weighted by atomic mass is 32.1. The van der Waals surface area contributed by atoms with Crippen molar-refractivity contribution >= 4 is 17.3 Å². The van der Waals surface area contributed by atoms with Gasteiger partial charge in [-0.25, -0.2) is 4.99 Å². The number of aliphatic hydroxyl groups is 1. The van der Waals surface area contributed by atoms with E-state index in [-0.39, 0.29) is 0 Å². The molecule has 0 aromatic carbocycles. The normalized spacial score (nSPS) is 19.5. The zero-order valence-electron chi connectivity index (χ0n) is 14.7. The molecular formula is C17H30N4OS. The van der Waals surface area contributed by atoms with Crippen LogP contribution in [0.5, 0.6) is 0 Å². The van der Waals surface area contributed by atoms with Crippen LogP contribution in [0.3, 0.4) is 0 Å². The lowest BCUT2D eigenvalue weighted by Crippen LogP contribution is -2.46. The van der Waals surface area contributed by atoms with E-state index in [1.54, 1.807) is 11.3 Å². The SMILES string of the molecule is CCNC(=NCC(C)(O)c1cccs1)NCC(C)N(C)C1CC1. The van der Waals surface area contributed by atoms with E-state index in [1.165, 1.54) is 12.8 Å². The summed E-state index contributed by atoms with van der Waals surface area (Å²) in [5.74, 6) is 0.764. The largest absolute Gasteiger partial charge is 0.383 e. The van der Waals surface area contributed by atoms with E-state index in [0.29, 0.717) is 12.6 Å². The Bertz CT molecular complexity index is 497. The lowest BCUT2D eigenvalue weighted by Gasteiger charge is -2.26. The minimum absolute atomic E-state index is 0.343. The van der Waals surface area contributed by atoms with E-state index < -0.39 is 5.60 Å². The second kappa shape index (κ2) is 8.13. The Labute approximate surface area is 143 Å². The van der Waals surface area contributed by atoms with Crippen LogP contribution < -0.4 is 10.6 Å². The van der Waals surface area contributed by atoms with Crippen molar-refractivity contribution in [2.24, 2.45) is 4.99 Å². The zero-order valence-corrected chi connectivity index (χ0v) is 15.5. The fourth-order valence-electron chi connectivity index (χ4n) is 2.47. The molecule has 1 aromatic rings. The molecule has 0 radical (unpaired) electrons. The molecule has 0 bridgehead atoms. The van der Waals surface area contributed by atoms with Crippen LogP contribution in [0.2, 0.25) is 0 Å². The van der Waals surface area contributed by atoms with Crippen LogP contribution in [0.25, 0.3) is 0 Å². The summed E-state index contributed by atoms with van der Waals surface area (Å²) in [5.41, 5.74) is -0.924. The first-order valence-electron chi connectivity index (χ1n) is 8.44. The number of likely N-dealkylation sites (N-methyl/N-ethyl adjacent to an activating group) is 1. The first-order chi connectivity index (χ1) is 10.9. The third kappa shape index (κ3) is 5.48. The topological polar surface area (TPSA) is 59.9 Å². The Morgan fingerprint density at radius 1 is 1.52 bits per heavy atom. The molecule has 6 heteroatoms. The summed E-state index contributed by atoms with van der Waals surface area (Å²) in [7, 11) is 2.19. The molecule has 0 amide bonds. The summed E-state index contributed by atoms with van der Waals surface area (Å²) in [4.78, 5) is 7.94. The first-order valence-corrected chi connectivity index (χ1v) is 9.32. The van der Waals surface area contributed by atoms with Gasteiger partial charge in [-0.15, -0.1) is 11.3 Å². The molecule has 5 nitrogen and oxygen atoms in total. The van der Waals surface area contributed by atoms with Crippen molar-refractivity contribution in [3.8, 4) is 0 Å². The molecule has 1 fully saturated rings. The Hall–Kier alpha value is -1.11. The molecule has 1 aliphatic carbocycles. The number of nitrogens with zero attached hydrogens (tertiary/aromatic N) is 2. The molecule has 0 saturated heterocycles. The highest BCUT2D eigenvalue weighted by Gasteiger charge is 2.29. The Morgan fingerprint density at radius 3 is 2.83 bits per heavy atom. The summed E-state index contributed by atoms with van der Waals surface area (Å²) in [6, 6.07) is 5.12. The summed E-state index contributed by atoms with van der Waals surface area (Å²) in [5, 5.41) is 19.2. The fraction of sp³-hybridized carbons (Fsp3) is 0.706. The van der Waals surface area contributed by atoms with Crippen molar-refractivity contribution in [1.29, 1.82) is 0 Å². The van der Waals surface area contributed by atoms with Crippen LogP contribution in [0.15, 0.2) is 22.5 Å². The van der Waals surface area contributed by atoms with Crippen LogP contribution in [0, 0.1) is 0 Å². The van der Waals surface area contributed by atoms with Gasteiger partial charge in [-0.3, -0.25) is 4.90 Å². The minimum atomic E-state index is -0.924. The van der Waals surface area contributed by atoms with Gasteiger partial charge in [-0.05, 0) is 52.1 Å².